The second kappa shape index (κ2) is 5.20. The number of phenolic OH excluding ortho intramolecular Hbond substituents is 1. The van der Waals surface area contributed by atoms with E-state index in [9.17, 15) is 19.5 Å². The van der Waals surface area contributed by atoms with Gasteiger partial charge in [-0.1, -0.05) is 25.0 Å². The van der Waals surface area contributed by atoms with Crippen LogP contribution < -0.4 is 5.43 Å². The number of para-hydroxylation sites is 1. The van der Waals surface area contributed by atoms with Crippen molar-refractivity contribution in [2.45, 2.75) is 25.7 Å². The normalized spacial score (nSPS) is 24.9. The molecule has 3 rings (SSSR count). The average molecular weight is 288 g/mol. The molecule has 1 heterocycles. The molecule has 6 heteroatoms. The first-order chi connectivity index (χ1) is 10.1. The lowest BCUT2D eigenvalue weighted by Crippen LogP contribution is -2.46. The molecule has 1 aliphatic carbocycles. The Bertz CT molecular complexity index is 589. The van der Waals surface area contributed by atoms with Gasteiger partial charge < -0.3 is 5.11 Å². The van der Waals surface area contributed by atoms with Gasteiger partial charge in [0, 0.05) is 0 Å². The molecule has 2 aliphatic rings. The molecule has 1 aromatic rings. The van der Waals surface area contributed by atoms with Crippen molar-refractivity contribution in [2.75, 3.05) is 0 Å². The standard InChI is InChI=1S/C15H16N2O4/c18-12-8-4-3-7-11(12)13(19)16-17-14(20)9-5-1-2-6-10(9)15(17)21/h3-4,7-10,18H,1-2,5-6H2,(H,16,19)/t9-,10-/m0/s1. The summed E-state index contributed by atoms with van der Waals surface area (Å²) in [7, 11) is 0. The van der Waals surface area contributed by atoms with Crippen LogP contribution in [0.1, 0.15) is 36.0 Å². The van der Waals surface area contributed by atoms with Crippen LogP contribution in [0.3, 0.4) is 0 Å². The Kier molecular flexibility index (Phi) is 3.37. The number of hydrogen-bond donors (Lipinski definition) is 2. The predicted molar refractivity (Wildman–Crippen MR) is 72.9 cm³/mol. The van der Waals surface area contributed by atoms with E-state index >= 15 is 0 Å². The Morgan fingerprint density at radius 3 is 2.24 bits per heavy atom. The first-order valence-corrected chi connectivity index (χ1v) is 7.06. The maximum Gasteiger partial charge on any atom is 0.274 e. The summed E-state index contributed by atoms with van der Waals surface area (Å²) in [5.41, 5.74) is 2.36. The van der Waals surface area contributed by atoms with Crippen LogP contribution >= 0.6 is 0 Å². The molecule has 21 heavy (non-hydrogen) atoms. The Morgan fingerprint density at radius 2 is 1.67 bits per heavy atom. The summed E-state index contributed by atoms with van der Waals surface area (Å²) in [4.78, 5) is 36.6. The lowest BCUT2D eigenvalue weighted by atomic mass is 9.81. The van der Waals surface area contributed by atoms with Crippen molar-refractivity contribution < 1.29 is 19.5 Å². The van der Waals surface area contributed by atoms with E-state index in [-0.39, 0.29) is 35.0 Å². The number of carbonyl (C=O) groups is 3. The van der Waals surface area contributed by atoms with Crippen LogP contribution in [0.15, 0.2) is 24.3 Å². The molecule has 1 aliphatic heterocycles. The zero-order valence-electron chi connectivity index (χ0n) is 11.4. The third-order valence-electron chi connectivity index (χ3n) is 4.20. The fraction of sp³-hybridized carbons (Fsp3) is 0.400. The van der Waals surface area contributed by atoms with E-state index in [1.807, 2.05) is 0 Å². The third kappa shape index (κ3) is 2.26. The molecule has 110 valence electrons. The molecule has 1 saturated heterocycles. The van der Waals surface area contributed by atoms with Crippen molar-refractivity contribution in [1.29, 1.82) is 0 Å². The molecule has 3 amide bonds. The van der Waals surface area contributed by atoms with Crippen molar-refractivity contribution >= 4 is 17.7 Å². The molecular formula is C15H16N2O4. The van der Waals surface area contributed by atoms with Crippen LogP contribution in [-0.4, -0.2) is 27.8 Å². The van der Waals surface area contributed by atoms with Crippen molar-refractivity contribution in [3.05, 3.63) is 29.8 Å². The minimum absolute atomic E-state index is 0.0352. The Labute approximate surface area is 121 Å². The number of aromatic hydroxyl groups is 1. The predicted octanol–water partition coefficient (Wildman–Crippen LogP) is 1.21. The van der Waals surface area contributed by atoms with Gasteiger partial charge in [0.25, 0.3) is 17.7 Å². The van der Waals surface area contributed by atoms with Gasteiger partial charge >= 0.3 is 0 Å². The highest BCUT2D eigenvalue weighted by molar-refractivity contribution is 6.08. The number of hydrazine groups is 1. The zero-order valence-corrected chi connectivity index (χ0v) is 11.4. The van der Waals surface area contributed by atoms with Crippen LogP contribution in [0.4, 0.5) is 0 Å². The van der Waals surface area contributed by atoms with Crippen LogP contribution in [0.2, 0.25) is 0 Å². The number of amides is 3. The van der Waals surface area contributed by atoms with Gasteiger partial charge in [0.1, 0.15) is 5.75 Å². The van der Waals surface area contributed by atoms with E-state index in [4.69, 9.17) is 0 Å². The van der Waals surface area contributed by atoms with Crippen LogP contribution in [0, 0.1) is 11.8 Å². The number of fused-ring (bicyclic) bond motifs is 1. The number of phenols is 1. The van der Waals surface area contributed by atoms with Crippen LogP contribution in [0.5, 0.6) is 5.75 Å². The molecule has 0 bridgehead atoms. The highest BCUT2D eigenvalue weighted by atomic mass is 16.3. The van der Waals surface area contributed by atoms with E-state index in [2.05, 4.69) is 5.43 Å². The van der Waals surface area contributed by atoms with Crippen LogP contribution in [0.25, 0.3) is 0 Å². The number of carbonyl (C=O) groups excluding carboxylic acids is 3. The molecule has 0 aromatic heterocycles. The Hall–Kier alpha value is -2.37. The molecule has 0 spiro atoms. The molecule has 6 nitrogen and oxygen atoms in total. The van der Waals surface area contributed by atoms with E-state index in [1.54, 1.807) is 12.1 Å². The lowest BCUT2D eigenvalue weighted by molar-refractivity contribution is -0.142. The Morgan fingerprint density at radius 1 is 1.10 bits per heavy atom. The highest BCUT2D eigenvalue weighted by Crippen LogP contribution is 2.37. The van der Waals surface area contributed by atoms with E-state index < -0.39 is 5.91 Å². The minimum Gasteiger partial charge on any atom is -0.507 e. The highest BCUT2D eigenvalue weighted by Gasteiger charge is 2.49. The molecule has 1 saturated carbocycles. The topological polar surface area (TPSA) is 86.7 Å². The lowest BCUT2D eigenvalue weighted by Gasteiger charge is -2.19. The fourth-order valence-electron chi connectivity index (χ4n) is 3.10. The molecular weight excluding hydrogens is 272 g/mol. The molecule has 2 fully saturated rings. The smallest absolute Gasteiger partial charge is 0.274 e. The number of rotatable bonds is 2. The molecule has 2 atom stereocenters. The fourth-order valence-corrected chi connectivity index (χ4v) is 3.10. The zero-order chi connectivity index (χ0) is 15.0. The second-order valence-electron chi connectivity index (χ2n) is 5.47. The number of nitrogens with zero attached hydrogens (tertiary/aromatic N) is 1. The van der Waals surface area contributed by atoms with Gasteiger partial charge in [0.2, 0.25) is 0 Å². The summed E-state index contributed by atoms with van der Waals surface area (Å²) in [5.74, 6) is -2.14. The van der Waals surface area contributed by atoms with Crippen molar-refractivity contribution in [3.8, 4) is 5.75 Å². The van der Waals surface area contributed by atoms with Crippen molar-refractivity contribution in [2.24, 2.45) is 11.8 Å². The SMILES string of the molecule is O=C(NN1C(=O)[C@H]2CCCC[C@@H]2C1=O)c1ccccc1O. The third-order valence-corrected chi connectivity index (χ3v) is 4.20. The summed E-state index contributed by atoms with van der Waals surface area (Å²) in [6.07, 6.45) is 3.25. The van der Waals surface area contributed by atoms with Gasteiger partial charge in [-0.15, -0.1) is 0 Å². The van der Waals surface area contributed by atoms with Gasteiger partial charge in [0.15, 0.2) is 0 Å². The van der Waals surface area contributed by atoms with E-state index in [0.717, 1.165) is 17.9 Å². The monoisotopic (exact) mass is 288 g/mol. The van der Waals surface area contributed by atoms with Gasteiger partial charge in [-0.2, -0.15) is 5.01 Å². The maximum atomic E-state index is 12.2. The number of nitrogens with one attached hydrogen (secondary N) is 1. The molecule has 1 aromatic carbocycles. The molecule has 0 unspecified atom stereocenters. The summed E-state index contributed by atoms with van der Waals surface area (Å²) < 4.78 is 0. The number of benzene rings is 1. The summed E-state index contributed by atoms with van der Waals surface area (Å²) in [6, 6.07) is 6.00. The molecule has 2 N–H and O–H groups in total. The number of imide groups is 1. The maximum absolute atomic E-state index is 12.2. The van der Waals surface area contributed by atoms with E-state index in [1.165, 1.54) is 12.1 Å². The quantitative estimate of drug-likeness (QED) is 0.801. The number of hydrogen-bond acceptors (Lipinski definition) is 4. The average Bonchev–Trinajstić information content (AvgIpc) is 2.73. The van der Waals surface area contributed by atoms with E-state index in [0.29, 0.717) is 12.8 Å². The second-order valence-corrected chi connectivity index (χ2v) is 5.47. The van der Waals surface area contributed by atoms with Gasteiger partial charge in [-0.05, 0) is 25.0 Å². The van der Waals surface area contributed by atoms with Crippen molar-refractivity contribution in [3.63, 3.8) is 0 Å². The summed E-state index contributed by atoms with van der Waals surface area (Å²) >= 11 is 0. The largest absolute Gasteiger partial charge is 0.507 e. The Balaban J connectivity index is 1.79. The summed E-state index contributed by atoms with van der Waals surface area (Å²) in [5, 5.41) is 10.5. The van der Waals surface area contributed by atoms with Gasteiger partial charge in [-0.25, -0.2) is 0 Å². The summed E-state index contributed by atoms with van der Waals surface area (Å²) in [6.45, 7) is 0. The first kappa shape index (κ1) is 13.6. The first-order valence-electron chi connectivity index (χ1n) is 7.06. The minimum atomic E-state index is -0.659. The van der Waals surface area contributed by atoms with Crippen molar-refractivity contribution in [1.82, 2.24) is 10.4 Å². The van der Waals surface area contributed by atoms with Gasteiger partial charge in [-0.3, -0.25) is 19.8 Å². The van der Waals surface area contributed by atoms with Gasteiger partial charge in [0.05, 0.1) is 17.4 Å². The van der Waals surface area contributed by atoms with Crippen LogP contribution in [-0.2, 0) is 9.59 Å². The molecule has 0 radical (unpaired) electrons.